The Labute approximate surface area is 126 Å². The van der Waals surface area contributed by atoms with Crippen LogP contribution in [0.2, 0.25) is 0 Å². The zero-order valence-corrected chi connectivity index (χ0v) is 11.7. The Morgan fingerprint density at radius 3 is 2.57 bits per heavy atom. The standard InChI is InChI=1S/C13H9F3N6O/c1-17-10-7-2-3-8(13(14,15)16)20-11(7)22(12(23)21-10)9-6-18-4-5-19-9/h2-6H,1H3,(H,17,21,23). The van der Waals surface area contributed by atoms with E-state index in [1.54, 1.807) is 0 Å². The van der Waals surface area contributed by atoms with Crippen molar-refractivity contribution in [3.8, 4) is 5.82 Å². The fraction of sp³-hybridized carbons (Fsp3) is 0.154. The van der Waals surface area contributed by atoms with Gasteiger partial charge in [-0.2, -0.15) is 18.2 Å². The summed E-state index contributed by atoms with van der Waals surface area (Å²) in [5, 5.41) is 2.92. The molecule has 3 aromatic rings. The van der Waals surface area contributed by atoms with Crippen molar-refractivity contribution in [2.45, 2.75) is 6.18 Å². The van der Waals surface area contributed by atoms with Crippen molar-refractivity contribution >= 4 is 16.9 Å². The third-order valence-electron chi connectivity index (χ3n) is 3.05. The summed E-state index contributed by atoms with van der Waals surface area (Å²) in [6.45, 7) is 0. The molecule has 0 aromatic carbocycles. The molecule has 0 radical (unpaired) electrons. The SMILES string of the molecule is CNc1nc(=O)n(-c2cnccn2)c2nc(C(F)(F)F)ccc12. The normalized spacial score (nSPS) is 11.7. The van der Waals surface area contributed by atoms with E-state index < -0.39 is 17.6 Å². The zero-order chi connectivity index (χ0) is 16.6. The first-order valence-corrected chi connectivity index (χ1v) is 6.37. The molecular formula is C13H9F3N6O. The van der Waals surface area contributed by atoms with E-state index >= 15 is 0 Å². The van der Waals surface area contributed by atoms with Crippen LogP contribution in [0, 0.1) is 0 Å². The third-order valence-corrected chi connectivity index (χ3v) is 3.05. The lowest BCUT2D eigenvalue weighted by Gasteiger charge is -2.12. The lowest BCUT2D eigenvalue weighted by Crippen LogP contribution is -2.25. The van der Waals surface area contributed by atoms with Gasteiger partial charge in [0.15, 0.2) is 11.5 Å². The van der Waals surface area contributed by atoms with Gasteiger partial charge in [0.1, 0.15) is 11.5 Å². The Hall–Kier alpha value is -3.04. The average Bonchev–Trinajstić information content (AvgIpc) is 2.53. The molecule has 10 heteroatoms. The van der Waals surface area contributed by atoms with E-state index in [1.165, 1.54) is 31.7 Å². The Morgan fingerprint density at radius 2 is 1.96 bits per heavy atom. The van der Waals surface area contributed by atoms with E-state index in [2.05, 4.69) is 25.3 Å². The third kappa shape index (κ3) is 2.58. The van der Waals surface area contributed by atoms with Crippen LogP contribution >= 0.6 is 0 Å². The molecule has 23 heavy (non-hydrogen) atoms. The van der Waals surface area contributed by atoms with Crippen molar-refractivity contribution in [1.82, 2.24) is 24.5 Å². The molecule has 1 N–H and O–H groups in total. The molecular weight excluding hydrogens is 313 g/mol. The van der Waals surface area contributed by atoms with Crippen LogP contribution in [0.3, 0.4) is 0 Å². The number of alkyl halides is 3. The first-order valence-electron chi connectivity index (χ1n) is 6.37. The predicted molar refractivity (Wildman–Crippen MR) is 75.3 cm³/mol. The van der Waals surface area contributed by atoms with Crippen LogP contribution in [0.1, 0.15) is 5.69 Å². The van der Waals surface area contributed by atoms with Gasteiger partial charge in [-0.3, -0.25) is 4.98 Å². The van der Waals surface area contributed by atoms with E-state index in [0.717, 1.165) is 10.6 Å². The smallest absolute Gasteiger partial charge is 0.372 e. The highest BCUT2D eigenvalue weighted by Gasteiger charge is 2.33. The summed E-state index contributed by atoms with van der Waals surface area (Å²) < 4.78 is 39.7. The van der Waals surface area contributed by atoms with Gasteiger partial charge in [0, 0.05) is 19.4 Å². The fourth-order valence-corrected chi connectivity index (χ4v) is 2.06. The summed E-state index contributed by atoms with van der Waals surface area (Å²) in [6, 6.07) is 2.03. The van der Waals surface area contributed by atoms with Gasteiger partial charge in [-0.25, -0.2) is 19.3 Å². The summed E-state index contributed by atoms with van der Waals surface area (Å²) in [5.41, 5.74) is -2.13. The Balaban J connectivity index is 2.43. The number of rotatable bonds is 2. The minimum Gasteiger partial charge on any atom is -0.372 e. The van der Waals surface area contributed by atoms with Gasteiger partial charge in [-0.15, -0.1) is 0 Å². The summed E-state index contributed by atoms with van der Waals surface area (Å²) in [5.74, 6) is 0.163. The monoisotopic (exact) mass is 322 g/mol. The summed E-state index contributed by atoms with van der Waals surface area (Å²) in [6.07, 6.45) is -0.710. The van der Waals surface area contributed by atoms with Crippen molar-refractivity contribution in [1.29, 1.82) is 0 Å². The highest BCUT2D eigenvalue weighted by molar-refractivity contribution is 5.87. The number of nitrogens with one attached hydrogen (secondary N) is 1. The molecule has 118 valence electrons. The number of pyridine rings is 1. The maximum atomic E-state index is 12.9. The molecule has 0 atom stereocenters. The quantitative estimate of drug-likeness (QED) is 0.772. The van der Waals surface area contributed by atoms with E-state index in [1.807, 2.05) is 0 Å². The molecule has 0 unspecified atom stereocenters. The van der Waals surface area contributed by atoms with E-state index in [4.69, 9.17) is 0 Å². The molecule has 3 rings (SSSR count). The highest BCUT2D eigenvalue weighted by Crippen LogP contribution is 2.30. The second-order valence-electron chi connectivity index (χ2n) is 4.46. The predicted octanol–water partition coefficient (Wildman–Crippen LogP) is 1.63. The van der Waals surface area contributed by atoms with Crippen molar-refractivity contribution in [2.75, 3.05) is 12.4 Å². The molecule has 3 aromatic heterocycles. The molecule has 0 aliphatic carbocycles. The molecule has 0 saturated heterocycles. The van der Waals surface area contributed by atoms with Gasteiger partial charge in [-0.1, -0.05) is 0 Å². The molecule has 0 spiro atoms. The van der Waals surface area contributed by atoms with Crippen molar-refractivity contribution in [3.05, 3.63) is 46.9 Å². The van der Waals surface area contributed by atoms with E-state index in [9.17, 15) is 18.0 Å². The van der Waals surface area contributed by atoms with Crippen LogP contribution in [-0.2, 0) is 6.18 Å². The van der Waals surface area contributed by atoms with E-state index in [-0.39, 0.29) is 22.7 Å². The van der Waals surface area contributed by atoms with Crippen LogP contribution in [0.15, 0.2) is 35.5 Å². The Kier molecular flexibility index (Phi) is 3.43. The number of nitrogens with zero attached hydrogens (tertiary/aromatic N) is 5. The minimum atomic E-state index is -4.64. The Bertz CT molecular complexity index is 923. The second-order valence-corrected chi connectivity index (χ2v) is 4.46. The molecule has 0 bridgehead atoms. The van der Waals surface area contributed by atoms with Crippen LogP contribution < -0.4 is 11.0 Å². The van der Waals surface area contributed by atoms with Crippen molar-refractivity contribution in [2.24, 2.45) is 0 Å². The largest absolute Gasteiger partial charge is 0.433 e. The van der Waals surface area contributed by atoms with Crippen LogP contribution in [0.5, 0.6) is 0 Å². The first kappa shape index (κ1) is 14.9. The molecule has 0 amide bonds. The number of halogens is 3. The fourth-order valence-electron chi connectivity index (χ4n) is 2.06. The number of hydrogen-bond acceptors (Lipinski definition) is 6. The molecule has 7 nitrogen and oxygen atoms in total. The van der Waals surface area contributed by atoms with Gasteiger partial charge in [0.25, 0.3) is 0 Å². The average molecular weight is 322 g/mol. The second kappa shape index (κ2) is 5.30. The van der Waals surface area contributed by atoms with Gasteiger partial charge in [-0.05, 0) is 12.1 Å². The maximum absolute atomic E-state index is 12.9. The van der Waals surface area contributed by atoms with Crippen molar-refractivity contribution < 1.29 is 13.2 Å². The summed E-state index contributed by atoms with van der Waals surface area (Å²) in [7, 11) is 1.51. The molecule has 0 saturated carbocycles. The van der Waals surface area contributed by atoms with Gasteiger partial charge in [0.05, 0.1) is 11.6 Å². The lowest BCUT2D eigenvalue weighted by atomic mass is 10.2. The number of hydrogen-bond donors (Lipinski definition) is 1. The zero-order valence-electron chi connectivity index (χ0n) is 11.7. The Morgan fingerprint density at radius 1 is 1.17 bits per heavy atom. The van der Waals surface area contributed by atoms with Gasteiger partial charge >= 0.3 is 11.9 Å². The van der Waals surface area contributed by atoms with Crippen LogP contribution in [0.25, 0.3) is 16.9 Å². The molecule has 0 fully saturated rings. The van der Waals surface area contributed by atoms with Crippen LogP contribution in [-0.4, -0.2) is 31.6 Å². The van der Waals surface area contributed by atoms with Gasteiger partial charge < -0.3 is 5.32 Å². The topological polar surface area (TPSA) is 85.6 Å². The maximum Gasteiger partial charge on any atom is 0.433 e. The molecule has 0 aliphatic rings. The minimum absolute atomic E-state index is 0.0319. The number of aromatic nitrogens is 5. The van der Waals surface area contributed by atoms with Crippen molar-refractivity contribution in [3.63, 3.8) is 0 Å². The number of anilines is 1. The lowest BCUT2D eigenvalue weighted by molar-refractivity contribution is -0.141. The van der Waals surface area contributed by atoms with E-state index in [0.29, 0.717) is 0 Å². The summed E-state index contributed by atoms with van der Waals surface area (Å²) in [4.78, 5) is 27.3. The number of fused-ring (bicyclic) bond motifs is 1. The van der Waals surface area contributed by atoms with Gasteiger partial charge in [0.2, 0.25) is 0 Å². The molecule has 3 heterocycles. The summed E-state index contributed by atoms with van der Waals surface area (Å²) >= 11 is 0. The first-order chi connectivity index (χ1) is 10.9. The van der Waals surface area contributed by atoms with Crippen LogP contribution in [0.4, 0.5) is 19.0 Å². The molecule has 0 aliphatic heterocycles. The highest BCUT2D eigenvalue weighted by atomic mass is 19.4.